The van der Waals surface area contributed by atoms with Gasteiger partial charge in [-0.3, -0.25) is 0 Å². The molecular weight excluding hydrogens is 250 g/mol. The van der Waals surface area contributed by atoms with Crippen LogP contribution < -0.4 is 5.73 Å². The quantitative estimate of drug-likeness (QED) is 0.853. The predicted octanol–water partition coefficient (Wildman–Crippen LogP) is 4.63. The molecule has 1 nitrogen and oxygen atoms in total. The van der Waals surface area contributed by atoms with Crippen molar-refractivity contribution in [1.29, 1.82) is 0 Å². The number of nitrogens with two attached hydrogens (primary N) is 1. The molecule has 1 aliphatic rings. The topological polar surface area (TPSA) is 26.0 Å². The van der Waals surface area contributed by atoms with Gasteiger partial charge in [0.15, 0.2) is 0 Å². The van der Waals surface area contributed by atoms with E-state index in [-0.39, 0.29) is 0 Å². The largest absolute Gasteiger partial charge is 0.327 e. The first-order valence-electron chi connectivity index (χ1n) is 7.35. The van der Waals surface area contributed by atoms with Gasteiger partial charge in [-0.15, -0.1) is 11.8 Å². The van der Waals surface area contributed by atoms with Gasteiger partial charge in [0.1, 0.15) is 0 Å². The summed E-state index contributed by atoms with van der Waals surface area (Å²) >= 11 is 1.98. The molecule has 0 bridgehead atoms. The van der Waals surface area contributed by atoms with E-state index in [4.69, 9.17) is 5.73 Å². The first-order chi connectivity index (χ1) is 8.86. The Morgan fingerprint density at radius 1 is 1.11 bits per heavy atom. The zero-order valence-corrected chi connectivity index (χ0v) is 13.5. The fourth-order valence-electron chi connectivity index (χ4n) is 2.87. The monoisotopic (exact) mass is 277 g/mol. The summed E-state index contributed by atoms with van der Waals surface area (Å²) in [6.07, 6.45) is 3.71. The standard InChI is InChI=1S/C17H27NS/c1-12-5-8-14(9-6-12)19-16-11-13(17(2,3)4)7-10-15(16)18/h5-6,8-9,13,15-16H,7,10-11,18H2,1-4H3. The van der Waals surface area contributed by atoms with Crippen molar-refractivity contribution in [3.8, 4) is 0 Å². The van der Waals surface area contributed by atoms with Crippen molar-refractivity contribution in [2.45, 2.75) is 63.1 Å². The van der Waals surface area contributed by atoms with Crippen LogP contribution in [0.1, 0.15) is 45.6 Å². The van der Waals surface area contributed by atoms with Crippen LogP contribution in [0.25, 0.3) is 0 Å². The van der Waals surface area contributed by atoms with Gasteiger partial charge in [0.05, 0.1) is 0 Å². The third-order valence-corrected chi connectivity index (χ3v) is 5.77. The Labute approximate surface area is 122 Å². The predicted molar refractivity (Wildman–Crippen MR) is 85.6 cm³/mol. The highest BCUT2D eigenvalue weighted by Gasteiger charge is 2.34. The molecule has 1 saturated carbocycles. The van der Waals surface area contributed by atoms with Crippen LogP contribution in [0, 0.1) is 18.3 Å². The maximum Gasteiger partial charge on any atom is 0.0249 e. The van der Waals surface area contributed by atoms with Crippen molar-refractivity contribution < 1.29 is 0 Å². The summed E-state index contributed by atoms with van der Waals surface area (Å²) in [5.74, 6) is 0.801. The van der Waals surface area contributed by atoms with E-state index >= 15 is 0 Å². The summed E-state index contributed by atoms with van der Waals surface area (Å²) in [5, 5.41) is 0.570. The molecule has 106 valence electrons. The van der Waals surface area contributed by atoms with E-state index in [0.717, 1.165) is 5.92 Å². The lowest BCUT2D eigenvalue weighted by molar-refractivity contribution is 0.174. The summed E-state index contributed by atoms with van der Waals surface area (Å²) in [4.78, 5) is 1.36. The molecule has 0 aliphatic heterocycles. The van der Waals surface area contributed by atoms with Crippen LogP contribution in [-0.2, 0) is 0 Å². The van der Waals surface area contributed by atoms with Crippen LogP contribution in [0.3, 0.4) is 0 Å². The van der Waals surface area contributed by atoms with E-state index in [0.29, 0.717) is 16.7 Å². The molecule has 2 heteroatoms. The Kier molecular flexibility index (Phi) is 4.62. The fourth-order valence-corrected chi connectivity index (χ4v) is 4.15. The van der Waals surface area contributed by atoms with Crippen LogP contribution in [0.4, 0.5) is 0 Å². The SMILES string of the molecule is Cc1ccc(SC2CC(C(C)(C)C)CCC2N)cc1. The van der Waals surface area contributed by atoms with E-state index < -0.39 is 0 Å². The van der Waals surface area contributed by atoms with Crippen molar-refractivity contribution in [1.82, 2.24) is 0 Å². The summed E-state index contributed by atoms with van der Waals surface area (Å²) in [5.41, 5.74) is 8.07. The van der Waals surface area contributed by atoms with E-state index in [1.54, 1.807) is 0 Å². The molecule has 0 aromatic heterocycles. The summed E-state index contributed by atoms with van der Waals surface area (Å²) in [6, 6.07) is 9.20. The smallest absolute Gasteiger partial charge is 0.0249 e. The number of thioether (sulfide) groups is 1. The average molecular weight is 277 g/mol. The number of benzene rings is 1. The van der Waals surface area contributed by atoms with Crippen molar-refractivity contribution >= 4 is 11.8 Å². The lowest BCUT2D eigenvalue weighted by Crippen LogP contribution is -2.41. The zero-order valence-electron chi connectivity index (χ0n) is 12.6. The highest BCUT2D eigenvalue weighted by atomic mass is 32.2. The second kappa shape index (κ2) is 5.88. The molecule has 0 saturated heterocycles. The minimum Gasteiger partial charge on any atom is -0.327 e. The molecule has 0 radical (unpaired) electrons. The molecular formula is C17H27NS. The maximum absolute atomic E-state index is 6.34. The summed E-state index contributed by atoms with van der Waals surface area (Å²) in [6.45, 7) is 9.22. The van der Waals surface area contributed by atoms with E-state index in [1.165, 1.54) is 29.7 Å². The normalized spacial score (nSPS) is 28.4. The molecule has 19 heavy (non-hydrogen) atoms. The fraction of sp³-hybridized carbons (Fsp3) is 0.647. The van der Waals surface area contributed by atoms with Gasteiger partial charge in [-0.25, -0.2) is 0 Å². The summed E-state index contributed by atoms with van der Waals surface area (Å²) in [7, 11) is 0. The summed E-state index contributed by atoms with van der Waals surface area (Å²) < 4.78 is 0. The number of rotatable bonds is 2. The number of hydrogen-bond acceptors (Lipinski definition) is 2. The molecule has 1 aromatic carbocycles. The lowest BCUT2D eigenvalue weighted by atomic mass is 9.71. The van der Waals surface area contributed by atoms with Gasteiger partial charge in [0.2, 0.25) is 0 Å². The minimum absolute atomic E-state index is 0.352. The van der Waals surface area contributed by atoms with Gasteiger partial charge in [-0.2, -0.15) is 0 Å². The first-order valence-corrected chi connectivity index (χ1v) is 8.23. The van der Waals surface area contributed by atoms with Gasteiger partial charge in [-0.1, -0.05) is 38.5 Å². The minimum atomic E-state index is 0.352. The Balaban J connectivity index is 2.03. The van der Waals surface area contributed by atoms with Gasteiger partial charge in [0, 0.05) is 16.2 Å². The third-order valence-electron chi connectivity index (χ3n) is 4.38. The molecule has 2 rings (SSSR count). The molecule has 1 aromatic rings. The molecule has 2 N–H and O–H groups in total. The van der Waals surface area contributed by atoms with Gasteiger partial charge in [0.25, 0.3) is 0 Å². The van der Waals surface area contributed by atoms with Crippen LogP contribution in [0.15, 0.2) is 29.2 Å². The van der Waals surface area contributed by atoms with Crippen LogP contribution >= 0.6 is 11.8 Å². The molecule has 0 spiro atoms. The second-order valence-electron chi connectivity index (χ2n) is 7.01. The van der Waals surface area contributed by atoms with E-state index in [1.807, 2.05) is 11.8 Å². The van der Waals surface area contributed by atoms with Crippen LogP contribution in [-0.4, -0.2) is 11.3 Å². The van der Waals surface area contributed by atoms with Crippen molar-refractivity contribution in [2.75, 3.05) is 0 Å². The molecule has 0 amide bonds. The van der Waals surface area contributed by atoms with Gasteiger partial charge in [-0.05, 0) is 49.7 Å². The Morgan fingerprint density at radius 2 is 1.74 bits per heavy atom. The van der Waals surface area contributed by atoms with Gasteiger partial charge >= 0.3 is 0 Å². The van der Waals surface area contributed by atoms with Crippen LogP contribution in [0.2, 0.25) is 0 Å². The molecule has 1 fully saturated rings. The van der Waals surface area contributed by atoms with Crippen molar-refractivity contribution in [3.63, 3.8) is 0 Å². The van der Waals surface area contributed by atoms with Crippen LogP contribution in [0.5, 0.6) is 0 Å². The Hall–Kier alpha value is -0.470. The number of aryl methyl sites for hydroxylation is 1. The molecule has 0 heterocycles. The molecule has 3 unspecified atom stereocenters. The zero-order chi connectivity index (χ0) is 14.0. The van der Waals surface area contributed by atoms with E-state index in [2.05, 4.69) is 52.0 Å². The molecule has 3 atom stereocenters. The maximum atomic E-state index is 6.34. The molecule has 1 aliphatic carbocycles. The van der Waals surface area contributed by atoms with Crippen molar-refractivity contribution in [2.24, 2.45) is 17.1 Å². The van der Waals surface area contributed by atoms with E-state index in [9.17, 15) is 0 Å². The third kappa shape index (κ3) is 4.00. The highest BCUT2D eigenvalue weighted by molar-refractivity contribution is 8.00. The highest BCUT2D eigenvalue weighted by Crippen LogP contribution is 2.42. The van der Waals surface area contributed by atoms with Gasteiger partial charge < -0.3 is 5.73 Å². The average Bonchev–Trinajstić information content (AvgIpc) is 2.33. The lowest BCUT2D eigenvalue weighted by Gasteiger charge is -2.40. The van der Waals surface area contributed by atoms with Crippen molar-refractivity contribution in [3.05, 3.63) is 29.8 Å². The Bertz CT molecular complexity index is 404. The first kappa shape index (κ1) is 14.9. The Morgan fingerprint density at radius 3 is 2.32 bits per heavy atom. The number of hydrogen-bond donors (Lipinski definition) is 1. The second-order valence-corrected chi connectivity index (χ2v) is 8.32.